The summed E-state index contributed by atoms with van der Waals surface area (Å²) in [6.07, 6.45) is 4.75. The van der Waals surface area contributed by atoms with Gasteiger partial charge in [0.1, 0.15) is 18.7 Å². The van der Waals surface area contributed by atoms with Gasteiger partial charge in [0.15, 0.2) is 0 Å². The molecule has 1 aromatic heterocycles. The molecule has 1 amide bonds. The average molecular weight is 325 g/mol. The lowest BCUT2D eigenvalue weighted by Gasteiger charge is -2.32. The van der Waals surface area contributed by atoms with E-state index in [9.17, 15) is 4.79 Å². The summed E-state index contributed by atoms with van der Waals surface area (Å²) in [5.74, 6) is -0.0642. The van der Waals surface area contributed by atoms with E-state index in [2.05, 4.69) is 10.1 Å². The van der Waals surface area contributed by atoms with Crippen LogP contribution in [0, 0.1) is 0 Å². The molecule has 1 atom stereocenters. The van der Waals surface area contributed by atoms with Crippen LogP contribution in [0.3, 0.4) is 0 Å². The van der Waals surface area contributed by atoms with E-state index in [-0.39, 0.29) is 5.91 Å². The Hall–Kier alpha value is -1.59. The molecule has 1 aromatic carbocycles. The lowest BCUT2D eigenvalue weighted by Crippen LogP contribution is -2.40. The predicted octanol–water partition coefficient (Wildman–Crippen LogP) is 3.13. The van der Waals surface area contributed by atoms with E-state index in [1.807, 2.05) is 6.07 Å². The number of aromatic nitrogens is 3. The maximum atomic E-state index is 12.8. The molecule has 0 unspecified atom stereocenters. The molecule has 0 radical (unpaired) electrons. The van der Waals surface area contributed by atoms with Crippen molar-refractivity contribution < 1.29 is 4.79 Å². The molecule has 0 spiro atoms. The fraction of sp³-hybridized carbons (Fsp3) is 0.357. The largest absolute Gasteiger partial charge is 0.309 e. The van der Waals surface area contributed by atoms with Crippen LogP contribution in [0.5, 0.6) is 0 Å². The summed E-state index contributed by atoms with van der Waals surface area (Å²) in [4.78, 5) is 18.3. The van der Waals surface area contributed by atoms with Gasteiger partial charge in [-0.15, -0.1) is 0 Å². The van der Waals surface area contributed by atoms with Crippen LogP contribution in [-0.2, 0) is 11.2 Å². The highest BCUT2D eigenvalue weighted by Crippen LogP contribution is 2.39. The Morgan fingerprint density at radius 1 is 1.38 bits per heavy atom. The number of halogens is 2. The van der Waals surface area contributed by atoms with Gasteiger partial charge in [0.25, 0.3) is 5.91 Å². The number of benzene rings is 1. The molecule has 1 aliphatic heterocycles. The maximum Gasteiger partial charge on any atom is 0.251 e. The van der Waals surface area contributed by atoms with Crippen LogP contribution in [0.2, 0.25) is 10.0 Å². The van der Waals surface area contributed by atoms with Crippen molar-refractivity contribution in [2.45, 2.75) is 25.8 Å². The summed E-state index contributed by atoms with van der Waals surface area (Å²) in [5, 5.41) is 4.93. The van der Waals surface area contributed by atoms with E-state index < -0.39 is 6.04 Å². The van der Waals surface area contributed by atoms with Crippen LogP contribution in [-0.4, -0.2) is 27.2 Å². The highest BCUT2D eigenvalue weighted by Gasteiger charge is 2.30. The quantitative estimate of drug-likeness (QED) is 0.852. The molecule has 110 valence electrons. The van der Waals surface area contributed by atoms with Gasteiger partial charge in [-0.1, -0.05) is 29.3 Å². The first-order valence-corrected chi connectivity index (χ1v) is 7.47. The number of rotatable bonds is 2. The number of carbonyl (C=O) groups is 1. The van der Waals surface area contributed by atoms with Gasteiger partial charge in [-0.25, -0.2) is 9.67 Å². The summed E-state index contributed by atoms with van der Waals surface area (Å²) in [7, 11) is 0. The van der Waals surface area contributed by atoms with Gasteiger partial charge in [-0.2, -0.15) is 5.10 Å². The Kier molecular flexibility index (Phi) is 3.87. The molecule has 0 N–H and O–H groups in total. The van der Waals surface area contributed by atoms with Crippen LogP contribution in [0.1, 0.15) is 24.9 Å². The highest BCUT2D eigenvalue weighted by atomic mass is 35.5. The number of hydrogen-bond donors (Lipinski definition) is 0. The Morgan fingerprint density at radius 2 is 2.19 bits per heavy atom. The number of anilines is 1. The number of carbonyl (C=O) groups excluding carboxylic acids is 1. The van der Waals surface area contributed by atoms with Crippen molar-refractivity contribution in [3.63, 3.8) is 0 Å². The second-order valence-corrected chi connectivity index (χ2v) is 5.80. The standard InChI is InChI=1S/C14H14Cl2N4O/c1-9(20-8-17-7-18-20)14(21)19-6-2-3-10-4-5-11(15)12(16)13(10)19/h4-5,7-9H,2-3,6H2,1H3/t9-/m1/s1. The van der Waals surface area contributed by atoms with E-state index in [4.69, 9.17) is 23.2 Å². The average Bonchev–Trinajstić information content (AvgIpc) is 3.03. The minimum absolute atomic E-state index is 0.0642. The third-order valence-electron chi connectivity index (χ3n) is 3.71. The van der Waals surface area contributed by atoms with Crippen molar-refractivity contribution in [1.82, 2.24) is 14.8 Å². The summed E-state index contributed by atoms with van der Waals surface area (Å²) >= 11 is 12.4. The van der Waals surface area contributed by atoms with Gasteiger partial charge in [-0.05, 0) is 31.4 Å². The molecule has 2 heterocycles. The molecule has 0 saturated heterocycles. The third-order valence-corrected chi connectivity index (χ3v) is 4.50. The first-order chi connectivity index (χ1) is 10.1. The SMILES string of the molecule is C[C@H](C(=O)N1CCCc2ccc(Cl)c(Cl)c21)n1cncn1. The van der Waals surface area contributed by atoms with Crippen molar-refractivity contribution in [1.29, 1.82) is 0 Å². The zero-order valence-electron chi connectivity index (χ0n) is 11.5. The molecule has 3 rings (SSSR count). The number of hydrogen-bond acceptors (Lipinski definition) is 3. The molecule has 21 heavy (non-hydrogen) atoms. The second kappa shape index (κ2) is 5.66. The monoisotopic (exact) mass is 324 g/mol. The van der Waals surface area contributed by atoms with Crippen LogP contribution < -0.4 is 4.90 Å². The van der Waals surface area contributed by atoms with E-state index in [1.54, 1.807) is 17.9 Å². The molecule has 1 aliphatic rings. The van der Waals surface area contributed by atoms with Gasteiger partial charge in [0.2, 0.25) is 0 Å². The van der Waals surface area contributed by atoms with E-state index in [0.717, 1.165) is 24.1 Å². The fourth-order valence-electron chi connectivity index (χ4n) is 2.59. The van der Waals surface area contributed by atoms with Crippen LogP contribution in [0.15, 0.2) is 24.8 Å². The van der Waals surface area contributed by atoms with Crippen molar-refractivity contribution in [2.75, 3.05) is 11.4 Å². The Bertz CT molecular complexity index is 672. The van der Waals surface area contributed by atoms with E-state index >= 15 is 0 Å². The first-order valence-electron chi connectivity index (χ1n) is 6.72. The summed E-state index contributed by atoms with van der Waals surface area (Å²) in [6, 6.07) is 3.27. The van der Waals surface area contributed by atoms with Gasteiger partial charge >= 0.3 is 0 Å². The molecule has 0 bridgehead atoms. The maximum absolute atomic E-state index is 12.8. The van der Waals surface area contributed by atoms with Crippen molar-refractivity contribution >= 4 is 34.8 Å². The molecule has 0 fully saturated rings. The number of amides is 1. The van der Waals surface area contributed by atoms with Crippen molar-refractivity contribution in [2.24, 2.45) is 0 Å². The van der Waals surface area contributed by atoms with Crippen LogP contribution in [0.4, 0.5) is 5.69 Å². The Balaban J connectivity index is 1.98. The molecular weight excluding hydrogens is 311 g/mol. The topological polar surface area (TPSA) is 51.0 Å². The van der Waals surface area contributed by atoms with Crippen LogP contribution in [0.25, 0.3) is 0 Å². The number of nitrogens with zero attached hydrogens (tertiary/aromatic N) is 4. The van der Waals surface area contributed by atoms with Crippen LogP contribution >= 0.6 is 23.2 Å². The summed E-state index contributed by atoms with van der Waals surface area (Å²) in [6.45, 7) is 2.43. The molecular formula is C14H14Cl2N4O. The lowest BCUT2D eigenvalue weighted by molar-refractivity contribution is -0.121. The second-order valence-electron chi connectivity index (χ2n) is 5.01. The third kappa shape index (κ3) is 2.51. The van der Waals surface area contributed by atoms with E-state index in [0.29, 0.717) is 16.6 Å². The van der Waals surface area contributed by atoms with Gasteiger partial charge in [0, 0.05) is 6.54 Å². The highest BCUT2D eigenvalue weighted by molar-refractivity contribution is 6.44. The van der Waals surface area contributed by atoms with Crippen molar-refractivity contribution in [3.05, 3.63) is 40.4 Å². The summed E-state index contributed by atoms with van der Waals surface area (Å²) < 4.78 is 1.54. The smallest absolute Gasteiger partial charge is 0.251 e. The Labute approximate surface area is 132 Å². The summed E-state index contributed by atoms with van der Waals surface area (Å²) in [5.41, 5.74) is 1.78. The van der Waals surface area contributed by atoms with E-state index in [1.165, 1.54) is 17.3 Å². The normalized spacial score (nSPS) is 15.7. The predicted molar refractivity (Wildman–Crippen MR) is 81.9 cm³/mol. The van der Waals surface area contributed by atoms with Crippen molar-refractivity contribution in [3.8, 4) is 0 Å². The first kappa shape index (κ1) is 14.4. The van der Waals surface area contributed by atoms with Gasteiger partial charge < -0.3 is 4.90 Å². The molecule has 0 saturated carbocycles. The molecule has 0 aliphatic carbocycles. The number of aryl methyl sites for hydroxylation is 1. The fourth-order valence-corrected chi connectivity index (χ4v) is 3.03. The van der Waals surface area contributed by atoms with Gasteiger partial charge in [-0.3, -0.25) is 4.79 Å². The zero-order valence-corrected chi connectivity index (χ0v) is 13.0. The minimum Gasteiger partial charge on any atom is -0.309 e. The molecule has 7 heteroatoms. The Morgan fingerprint density at radius 3 is 2.90 bits per heavy atom. The lowest BCUT2D eigenvalue weighted by atomic mass is 10.0. The molecule has 5 nitrogen and oxygen atoms in total. The number of fused-ring (bicyclic) bond motifs is 1. The molecule has 2 aromatic rings. The zero-order chi connectivity index (χ0) is 15.0. The minimum atomic E-state index is -0.437. The van der Waals surface area contributed by atoms with Gasteiger partial charge in [0.05, 0.1) is 15.7 Å².